The number of carbonyl (C=O) groups excluding carboxylic acids is 2. The number of aliphatic carboxylic acids is 1. The highest BCUT2D eigenvalue weighted by atomic mass is 32.2. The van der Waals surface area contributed by atoms with Gasteiger partial charge in [-0.05, 0) is 41.1 Å². The number of nitrogens with zero attached hydrogens (tertiary/aromatic N) is 1. The zero-order valence-electron chi connectivity index (χ0n) is 16.2. The van der Waals surface area contributed by atoms with Gasteiger partial charge in [-0.15, -0.1) is 0 Å². The highest BCUT2D eigenvalue weighted by Crippen LogP contribution is 2.38. The number of aromatic nitrogens is 1. The van der Waals surface area contributed by atoms with Crippen LogP contribution < -0.4 is 11.1 Å². The van der Waals surface area contributed by atoms with Gasteiger partial charge in [-0.1, -0.05) is 30.3 Å². The summed E-state index contributed by atoms with van der Waals surface area (Å²) in [6.45, 7) is 0. The van der Waals surface area contributed by atoms with Crippen LogP contribution in [0.5, 0.6) is 0 Å². The quantitative estimate of drug-likeness (QED) is 0.440. The zero-order valence-corrected chi connectivity index (χ0v) is 17.0. The summed E-state index contributed by atoms with van der Waals surface area (Å²) in [7, 11) is 0. The number of aliphatic imine (C=N–C) groups is 1. The Labute approximate surface area is 181 Å². The summed E-state index contributed by atoms with van der Waals surface area (Å²) in [6, 6.07) is 14.5. The highest BCUT2D eigenvalue weighted by Gasteiger charge is 2.28. The van der Waals surface area contributed by atoms with Gasteiger partial charge in [-0.3, -0.25) is 14.4 Å². The van der Waals surface area contributed by atoms with Crippen LogP contribution in [0.3, 0.4) is 0 Å². The number of fused-ring (bicyclic) bond motifs is 1. The van der Waals surface area contributed by atoms with E-state index in [9.17, 15) is 14.4 Å². The number of para-hydroxylation sites is 1. The average Bonchev–Trinajstić information content (AvgIpc) is 3.29. The lowest BCUT2D eigenvalue weighted by atomic mass is 10.0. The Hall–Kier alpha value is -3.85. The van der Waals surface area contributed by atoms with Crippen molar-refractivity contribution >= 4 is 56.9 Å². The van der Waals surface area contributed by atoms with Crippen LogP contribution in [0.15, 0.2) is 64.6 Å². The smallest absolute Gasteiger partial charge is 0.307 e. The maximum Gasteiger partial charge on any atom is 0.307 e. The van der Waals surface area contributed by atoms with E-state index in [-0.39, 0.29) is 12.8 Å². The number of carboxylic acid groups (broad SMARTS) is 1. The number of hydrogen-bond acceptors (Lipinski definition) is 5. The van der Waals surface area contributed by atoms with Gasteiger partial charge in [0.05, 0.1) is 17.7 Å². The van der Waals surface area contributed by atoms with E-state index in [4.69, 9.17) is 10.8 Å². The fourth-order valence-corrected chi connectivity index (χ4v) is 4.33. The lowest BCUT2D eigenvalue weighted by Gasteiger charge is -2.09. The number of carbonyl (C=O) groups is 3. The standard InChI is InChI=1S/C22H18N4O4S/c23-18(27)10-15(16-11-24-17-7-2-1-6-14(16)17)20-21(30)26-22(31-20)25-13-5-3-4-12(8-13)9-19(28)29/h1-8,11,24H,9-10H2,(H2,23,27)(H,28,29)(H,25,26,30). The van der Waals surface area contributed by atoms with Crippen LogP contribution in [-0.2, 0) is 20.8 Å². The number of thioether (sulfide) groups is 1. The molecule has 0 aliphatic carbocycles. The number of H-pyrrole nitrogens is 1. The molecule has 0 atom stereocenters. The highest BCUT2D eigenvalue weighted by molar-refractivity contribution is 8.18. The third-order valence-electron chi connectivity index (χ3n) is 4.67. The van der Waals surface area contributed by atoms with Crippen LogP contribution in [0.2, 0.25) is 0 Å². The molecule has 0 bridgehead atoms. The third kappa shape index (κ3) is 4.51. The van der Waals surface area contributed by atoms with Crippen molar-refractivity contribution in [2.24, 2.45) is 10.7 Å². The molecule has 5 N–H and O–H groups in total. The van der Waals surface area contributed by atoms with Crippen LogP contribution in [0.4, 0.5) is 5.69 Å². The van der Waals surface area contributed by atoms with Crippen molar-refractivity contribution in [3.05, 3.63) is 70.8 Å². The van der Waals surface area contributed by atoms with Gasteiger partial charge >= 0.3 is 5.97 Å². The van der Waals surface area contributed by atoms with E-state index in [0.29, 0.717) is 26.9 Å². The van der Waals surface area contributed by atoms with E-state index in [1.54, 1.807) is 30.5 Å². The molecule has 3 aromatic rings. The molecule has 0 spiro atoms. The minimum atomic E-state index is -0.931. The van der Waals surface area contributed by atoms with E-state index in [2.05, 4.69) is 15.3 Å². The number of carboxylic acids is 1. The number of nitrogens with one attached hydrogen (secondary N) is 2. The number of amides is 2. The van der Waals surface area contributed by atoms with Crippen molar-refractivity contribution in [1.29, 1.82) is 0 Å². The molecule has 4 rings (SSSR count). The number of hydrogen-bond donors (Lipinski definition) is 4. The predicted octanol–water partition coefficient (Wildman–Crippen LogP) is 3.12. The molecule has 2 aromatic carbocycles. The second-order valence-corrected chi connectivity index (χ2v) is 7.92. The summed E-state index contributed by atoms with van der Waals surface area (Å²) in [6.07, 6.45) is 1.54. The molecule has 0 saturated heterocycles. The molecule has 156 valence electrons. The fraction of sp³-hybridized carbons (Fsp3) is 0.0909. The topological polar surface area (TPSA) is 138 Å². The van der Waals surface area contributed by atoms with Crippen molar-refractivity contribution < 1.29 is 19.5 Å². The maximum atomic E-state index is 12.7. The summed E-state index contributed by atoms with van der Waals surface area (Å²) in [4.78, 5) is 42.9. The fourth-order valence-electron chi connectivity index (χ4n) is 3.40. The van der Waals surface area contributed by atoms with Crippen molar-refractivity contribution in [2.75, 3.05) is 5.32 Å². The van der Waals surface area contributed by atoms with Crippen LogP contribution in [-0.4, -0.2) is 33.0 Å². The molecule has 0 fully saturated rings. The molecule has 8 nitrogen and oxygen atoms in total. The van der Waals surface area contributed by atoms with E-state index in [1.807, 2.05) is 24.3 Å². The summed E-state index contributed by atoms with van der Waals surface area (Å²) in [5, 5.41) is 13.2. The first kappa shape index (κ1) is 20.4. The molecule has 9 heteroatoms. The molecule has 1 aromatic heterocycles. The lowest BCUT2D eigenvalue weighted by molar-refractivity contribution is -0.136. The van der Waals surface area contributed by atoms with Gasteiger partial charge in [0.25, 0.3) is 5.91 Å². The van der Waals surface area contributed by atoms with Crippen LogP contribution in [0.1, 0.15) is 17.5 Å². The van der Waals surface area contributed by atoms with Gasteiger partial charge in [0, 0.05) is 28.4 Å². The Morgan fingerprint density at radius 3 is 2.74 bits per heavy atom. The summed E-state index contributed by atoms with van der Waals surface area (Å²) < 4.78 is 0. The van der Waals surface area contributed by atoms with Gasteiger partial charge in [-0.2, -0.15) is 4.99 Å². The van der Waals surface area contributed by atoms with Gasteiger partial charge < -0.3 is 21.1 Å². The van der Waals surface area contributed by atoms with E-state index < -0.39 is 17.8 Å². The molecule has 0 unspecified atom stereocenters. The number of nitrogens with two attached hydrogens (primary N) is 1. The Bertz CT molecular complexity index is 1280. The van der Waals surface area contributed by atoms with Gasteiger partial charge in [-0.25, -0.2) is 0 Å². The van der Waals surface area contributed by atoms with Crippen LogP contribution >= 0.6 is 11.8 Å². The van der Waals surface area contributed by atoms with Crippen molar-refractivity contribution in [3.63, 3.8) is 0 Å². The van der Waals surface area contributed by atoms with E-state index >= 15 is 0 Å². The molecule has 0 saturated carbocycles. The number of rotatable bonds is 6. The molecule has 1 aliphatic heterocycles. The third-order valence-corrected chi connectivity index (χ3v) is 5.68. The minimum absolute atomic E-state index is 0.104. The number of aromatic amines is 1. The SMILES string of the molecule is NC(=O)CC(=C1SC(Nc2cccc(CC(=O)O)c2)=NC1=O)c1c[nH]c2ccccc12. The second-order valence-electron chi connectivity index (χ2n) is 6.92. The van der Waals surface area contributed by atoms with Crippen LogP contribution in [0, 0.1) is 0 Å². The molecular weight excluding hydrogens is 416 g/mol. The van der Waals surface area contributed by atoms with Crippen molar-refractivity contribution in [3.8, 4) is 0 Å². The Morgan fingerprint density at radius 1 is 1.16 bits per heavy atom. The van der Waals surface area contributed by atoms with Gasteiger partial charge in [0.2, 0.25) is 5.91 Å². The van der Waals surface area contributed by atoms with Crippen molar-refractivity contribution in [2.45, 2.75) is 12.8 Å². The minimum Gasteiger partial charge on any atom is -0.481 e. The first-order valence-electron chi connectivity index (χ1n) is 9.37. The molecule has 2 heterocycles. The zero-order chi connectivity index (χ0) is 22.0. The Kier molecular flexibility index (Phi) is 5.59. The normalized spacial score (nSPS) is 15.1. The summed E-state index contributed by atoms with van der Waals surface area (Å²) in [5.74, 6) is -1.94. The molecule has 0 radical (unpaired) electrons. The average molecular weight is 434 g/mol. The Morgan fingerprint density at radius 2 is 1.97 bits per heavy atom. The summed E-state index contributed by atoms with van der Waals surface area (Å²) in [5.41, 5.74) is 8.82. The predicted molar refractivity (Wildman–Crippen MR) is 120 cm³/mol. The molecule has 31 heavy (non-hydrogen) atoms. The van der Waals surface area contributed by atoms with Gasteiger partial charge in [0.1, 0.15) is 0 Å². The first-order valence-corrected chi connectivity index (χ1v) is 10.2. The maximum absolute atomic E-state index is 12.7. The lowest BCUT2D eigenvalue weighted by Crippen LogP contribution is -2.12. The first-order chi connectivity index (χ1) is 14.9. The van der Waals surface area contributed by atoms with Crippen LogP contribution in [0.25, 0.3) is 16.5 Å². The number of anilines is 1. The Balaban J connectivity index is 1.65. The van der Waals surface area contributed by atoms with E-state index in [0.717, 1.165) is 28.2 Å². The molecule has 2 amide bonds. The second kappa shape index (κ2) is 8.49. The molecule has 1 aliphatic rings. The number of benzene rings is 2. The summed E-state index contributed by atoms with van der Waals surface area (Å²) >= 11 is 1.12. The molecular formula is C22H18N4O4S. The number of amidine groups is 1. The largest absolute Gasteiger partial charge is 0.481 e. The monoisotopic (exact) mass is 434 g/mol. The van der Waals surface area contributed by atoms with Crippen molar-refractivity contribution in [1.82, 2.24) is 4.98 Å². The number of primary amides is 1. The van der Waals surface area contributed by atoms with Gasteiger partial charge in [0.15, 0.2) is 5.17 Å². The van der Waals surface area contributed by atoms with E-state index in [1.165, 1.54) is 0 Å².